The first kappa shape index (κ1) is 29.2. The Labute approximate surface area is 295 Å². The van der Waals surface area contributed by atoms with Crippen LogP contribution in [0.25, 0.3) is 99.4 Å². The number of hydrogen-bond donors (Lipinski definition) is 0. The van der Waals surface area contributed by atoms with Gasteiger partial charge < -0.3 is 4.42 Å². The van der Waals surface area contributed by atoms with Crippen LogP contribution < -0.4 is 0 Å². The predicted molar refractivity (Wildman–Crippen MR) is 214 cm³/mol. The third-order valence-electron chi connectivity index (χ3n) is 10.1. The maximum absolute atomic E-state index is 6.93. The number of hydrogen-bond acceptors (Lipinski definition) is 2. The molecule has 51 heavy (non-hydrogen) atoms. The minimum absolute atomic E-state index is 0.840. The summed E-state index contributed by atoms with van der Waals surface area (Å²) in [5, 5.41) is 6.97. The average molecular weight is 650 g/mol. The monoisotopic (exact) mass is 649 g/mol. The van der Waals surface area contributed by atoms with E-state index in [-0.39, 0.29) is 0 Å². The van der Waals surface area contributed by atoms with E-state index in [1.807, 2.05) is 6.07 Å². The van der Waals surface area contributed by atoms with Crippen molar-refractivity contribution in [1.82, 2.24) is 4.98 Å². The van der Waals surface area contributed by atoms with Crippen LogP contribution >= 0.6 is 0 Å². The lowest BCUT2D eigenvalue weighted by Gasteiger charge is -2.13. The molecule has 2 aromatic heterocycles. The fourth-order valence-electron chi connectivity index (χ4n) is 7.66. The maximum Gasteiger partial charge on any atom is 0.143 e. The van der Waals surface area contributed by atoms with Crippen LogP contribution in [-0.4, -0.2) is 4.98 Å². The number of aromatic nitrogens is 1. The highest BCUT2D eigenvalue weighted by Crippen LogP contribution is 2.45. The number of nitrogens with zero attached hydrogens (tertiary/aromatic N) is 1. The Hall–Kier alpha value is -6.77. The highest BCUT2D eigenvalue weighted by atomic mass is 16.3. The molecule has 2 heteroatoms. The van der Waals surface area contributed by atoms with Crippen LogP contribution in [-0.2, 0) is 0 Å². The van der Waals surface area contributed by atoms with E-state index in [1.54, 1.807) is 0 Å². The second kappa shape index (κ2) is 12.0. The largest absolute Gasteiger partial charge is 0.455 e. The third kappa shape index (κ3) is 5.00. The molecule has 0 aliphatic heterocycles. The molecule has 0 saturated carbocycles. The first-order chi connectivity index (χ1) is 25.3. The summed E-state index contributed by atoms with van der Waals surface area (Å²) in [6.07, 6.45) is 0. The van der Waals surface area contributed by atoms with E-state index < -0.39 is 0 Å². The number of benzene rings is 8. The van der Waals surface area contributed by atoms with Crippen LogP contribution in [0, 0.1) is 0 Å². The standard InChI is InChI=1S/C49H31NO/c1-3-14-32(15-4-1)36-30-45(35-18-5-2-6-19-35)50-46(31-36)42-26-13-27-47-48(42)44-29-37(40-24-11-20-33-16-7-9-22-38(33)40)28-43(49(44)51-47)41-25-12-21-34-17-8-10-23-39(34)41/h1-31H. The molecule has 0 radical (unpaired) electrons. The Morgan fingerprint density at radius 1 is 0.333 bits per heavy atom. The fourth-order valence-corrected chi connectivity index (χ4v) is 7.66. The maximum atomic E-state index is 6.93. The molecule has 0 amide bonds. The summed E-state index contributed by atoms with van der Waals surface area (Å²) < 4.78 is 6.93. The van der Waals surface area contributed by atoms with E-state index in [4.69, 9.17) is 9.40 Å². The van der Waals surface area contributed by atoms with Crippen LogP contribution in [0.3, 0.4) is 0 Å². The summed E-state index contributed by atoms with van der Waals surface area (Å²) in [4.78, 5) is 5.34. The van der Waals surface area contributed by atoms with E-state index in [0.29, 0.717) is 0 Å². The molecule has 0 aliphatic carbocycles. The van der Waals surface area contributed by atoms with Gasteiger partial charge in [-0.05, 0) is 79.7 Å². The van der Waals surface area contributed by atoms with Gasteiger partial charge in [0.1, 0.15) is 11.2 Å². The van der Waals surface area contributed by atoms with Crippen molar-refractivity contribution in [2.75, 3.05) is 0 Å². The molecule has 0 N–H and O–H groups in total. The zero-order valence-corrected chi connectivity index (χ0v) is 27.8. The van der Waals surface area contributed by atoms with Gasteiger partial charge in [0.15, 0.2) is 0 Å². The van der Waals surface area contributed by atoms with Crippen LogP contribution in [0.2, 0.25) is 0 Å². The summed E-state index contributed by atoms with van der Waals surface area (Å²) in [7, 11) is 0. The SMILES string of the molecule is c1ccc(-c2cc(-c3ccccc3)nc(-c3cccc4oc5c(-c6cccc7ccccc67)cc(-c6cccc7ccccc67)cc5c34)c2)cc1. The molecular formula is C49H31NO. The van der Waals surface area contributed by atoms with Crippen molar-refractivity contribution < 1.29 is 4.42 Å². The van der Waals surface area contributed by atoms with Gasteiger partial charge in [0, 0.05) is 27.5 Å². The lowest BCUT2D eigenvalue weighted by Crippen LogP contribution is -1.92. The molecule has 2 nitrogen and oxygen atoms in total. The molecule has 0 spiro atoms. The van der Waals surface area contributed by atoms with Crippen molar-refractivity contribution >= 4 is 43.5 Å². The van der Waals surface area contributed by atoms with Gasteiger partial charge in [-0.15, -0.1) is 0 Å². The van der Waals surface area contributed by atoms with Gasteiger partial charge in [0.25, 0.3) is 0 Å². The molecule has 0 unspecified atom stereocenters. The molecule has 0 atom stereocenters. The zero-order valence-electron chi connectivity index (χ0n) is 27.8. The smallest absolute Gasteiger partial charge is 0.143 e. The van der Waals surface area contributed by atoms with Crippen molar-refractivity contribution in [3.8, 4) is 55.9 Å². The molecule has 0 saturated heterocycles. The predicted octanol–water partition coefficient (Wildman–Crippen LogP) is 13.6. The van der Waals surface area contributed by atoms with E-state index in [1.165, 1.54) is 27.1 Å². The minimum atomic E-state index is 0.840. The van der Waals surface area contributed by atoms with Crippen molar-refractivity contribution in [2.24, 2.45) is 0 Å². The van der Waals surface area contributed by atoms with Crippen LogP contribution in [0.5, 0.6) is 0 Å². The van der Waals surface area contributed by atoms with Crippen molar-refractivity contribution in [3.05, 3.63) is 188 Å². The van der Waals surface area contributed by atoms with E-state index in [2.05, 4.69) is 182 Å². The summed E-state index contributed by atoms with van der Waals surface area (Å²) >= 11 is 0. The fraction of sp³-hybridized carbons (Fsp3) is 0. The van der Waals surface area contributed by atoms with Gasteiger partial charge in [0.05, 0.1) is 11.4 Å². The second-order valence-corrected chi connectivity index (χ2v) is 13.1. The van der Waals surface area contributed by atoms with Crippen LogP contribution in [0.1, 0.15) is 0 Å². The van der Waals surface area contributed by atoms with Gasteiger partial charge in [-0.25, -0.2) is 4.98 Å². The molecule has 0 aliphatic rings. The summed E-state index contributed by atoms with van der Waals surface area (Å²) in [5.74, 6) is 0. The molecule has 238 valence electrons. The zero-order chi connectivity index (χ0) is 33.7. The van der Waals surface area contributed by atoms with Crippen LogP contribution in [0.4, 0.5) is 0 Å². The van der Waals surface area contributed by atoms with E-state index in [9.17, 15) is 0 Å². The van der Waals surface area contributed by atoms with Gasteiger partial charge in [0.2, 0.25) is 0 Å². The molecule has 0 fully saturated rings. The topological polar surface area (TPSA) is 26.0 Å². The van der Waals surface area contributed by atoms with Gasteiger partial charge in [-0.1, -0.05) is 158 Å². The molecule has 10 rings (SSSR count). The van der Waals surface area contributed by atoms with E-state index in [0.717, 1.165) is 72.3 Å². The van der Waals surface area contributed by atoms with Gasteiger partial charge in [-0.2, -0.15) is 0 Å². The lowest BCUT2D eigenvalue weighted by molar-refractivity contribution is 0.670. The van der Waals surface area contributed by atoms with Crippen molar-refractivity contribution in [3.63, 3.8) is 0 Å². The third-order valence-corrected chi connectivity index (χ3v) is 10.1. The number of furan rings is 1. The number of pyridine rings is 1. The molecule has 10 aromatic rings. The van der Waals surface area contributed by atoms with Crippen molar-refractivity contribution in [1.29, 1.82) is 0 Å². The normalized spacial score (nSPS) is 11.5. The van der Waals surface area contributed by atoms with E-state index >= 15 is 0 Å². The second-order valence-electron chi connectivity index (χ2n) is 13.1. The quantitative estimate of drug-likeness (QED) is 0.185. The summed E-state index contributed by atoms with van der Waals surface area (Å²) in [5.41, 5.74) is 12.5. The average Bonchev–Trinajstić information content (AvgIpc) is 3.59. The first-order valence-electron chi connectivity index (χ1n) is 17.4. The number of fused-ring (bicyclic) bond motifs is 5. The van der Waals surface area contributed by atoms with Crippen LogP contribution in [0.15, 0.2) is 192 Å². The Kier molecular flexibility index (Phi) is 6.85. The molecule has 2 heterocycles. The molecule has 0 bridgehead atoms. The summed E-state index contributed by atoms with van der Waals surface area (Å²) in [6, 6.07) is 66.7. The molecule has 8 aromatic carbocycles. The Balaban J connectivity index is 1.30. The summed E-state index contributed by atoms with van der Waals surface area (Å²) in [6.45, 7) is 0. The highest BCUT2D eigenvalue weighted by molar-refractivity contribution is 6.18. The Bertz CT molecular complexity index is 2840. The first-order valence-corrected chi connectivity index (χ1v) is 17.4. The highest BCUT2D eigenvalue weighted by Gasteiger charge is 2.21. The Morgan fingerprint density at radius 3 is 1.65 bits per heavy atom. The van der Waals surface area contributed by atoms with Gasteiger partial charge in [-0.3, -0.25) is 0 Å². The Morgan fingerprint density at radius 2 is 0.902 bits per heavy atom. The minimum Gasteiger partial charge on any atom is -0.455 e. The number of rotatable bonds is 5. The lowest BCUT2D eigenvalue weighted by atomic mass is 9.90. The van der Waals surface area contributed by atoms with Gasteiger partial charge >= 0.3 is 0 Å². The molecular weight excluding hydrogens is 619 g/mol. The van der Waals surface area contributed by atoms with Crippen molar-refractivity contribution in [2.45, 2.75) is 0 Å².